The van der Waals surface area contributed by atoms with E-state index >= 15 is 0 Å². The Balaban J connectivity index is 1.39. The Morgan fingerprint density at radius 1 is 1.13 bits per heavy atom. The standard InChI is InChI=1S/C27H26BrN3O6S/c1-15-6-4-7-16(10-15)14-37-23-19(28)11-17(12-20(23)35-2)13-29-31-25(33)24(32)30-26-22(27(34)36-3)18-8-5-9-21(18)38-26/h4,6-7,10-13H,5,8-9,14H2,1-3H3,(H,30,32)(H,31,33). The van der Waals surface area contributed by atoms with Gasteiger partial charge in [0.1, 0.15) is 11.6 Å². The highest BCUT2D eigenvalue weighted by Crippen LogP contribution is 2.39. The fourth-order valence-electron chi connectivity index (χ4n) is 4.10. The van der Waals surface area contributed by atoms with E-state index in [2.05, 4.69) is 31.8 Å². The van der Waals surface area contributed by atoms with Gasteiger partial charge in [-0.2, -0.15) is 5.10 Å². The average Bonchev–Trinajstić information content (AvgIpc) is 3.48. The van der Waals surface area contributed by atoms with Gasteiger partial charge in [0, 0.05) is 4.88 Å². The van der Waals surface area contributed by atoms with Gasteiger partial charge in [-0.05, 0) is 70.9 Å². The molecule has 1 aliphatic rings. The van der Waals surface area contributed by atoms with Gasteiger partial charge in [0.2, 0.25) is 0 Å². The second kappa shape index (κ2) is 12.2. The predicted octanol–water partition coefficient (Wildman–Crippen LogP) is 4.77. The van der Waals surface area contributed by atoms with Gasteiger partial charge in [0.05, 0.1) is 30.5 Å². The zero-order valence-corrected chi connectivity index (χ0v) is 23.5. The SMILES string of the molecule is COC(=O)c1c(NC(=O)C(=O)NN=Cc2cc(Br)c(OCc3cccc(C)c3)c(OC)c2)sc2c1CCC2. The number of amides is 2. The van der Waals surface area contributed by atoms with Crippen molar-refractivity contribution in [3.05, 3.63) is 73.6 Å². The molecule has 1 heterocycles. The van der Waals surface area contributed by atoms with Crippen LogP contribution < -0.4 is 20.2 Å². The first-order valence-electron chi connectivity index (χ1n) is 11.7. The summed E-state index contributed by atoms with van der Waals surface area (Å²) in [4.78, 5) is 38.1. The number of hydrazone groups is 1. The average molecular weight is 600 g/mol. The maximum atomic E-state index is 12.5. The number of halogens is 1. The number of aryl methyl sites for hydroxylation is 2. The topological polar surface area (TPSA) is 115 Å². The fraction of sp³-hybridized carbons (Fsp3) is 0.259. The zero-order chi connectivity index (χ0) is 27.2. The molecule has 3 aromatic rings. The number of nitrogens with one attached hydrogen (secondary N) is 2. The first kappa shape index (κ1) is 27.3. The molecule has 0 spiro atoms. The molecule has 38 heavy (non-hydrogen) atoms. The van der Waals surface area contributed by atoms with Gasteiger partial charge in [0.25, 0.3) is 0 Å². The molecule has 0 aliphatic heterocycles. The number of hydrogen-bond acceptors (Lipinski definition) is 8. The van der Waals surface area contributed by atoms with Crippen LogP contribution in [0.15, 0.2) is 46.0 Å². The van der Waals surface area contributed by atoms with Crippen LogP contribution in [-0.4, -0.2) is 38.2 Å². The van der Waals surface area contributed by atoms with Crippen LogP contribution in [-0.2, 0) is 33.8 Å². The van der Waals surface area contributed by atoms with Gasteiger partial charge in [-0.3, -0.25) is 9.59 Å². The number of methoxy groups -OCH3 is 2. The van der Waals surface area contributed by atoms with Crippen LogP contribution in [0.4, 0.5) is 5.00 Å². The second-order valence-corrected chi connectivity index (χ2v) is 10.5. The minimum Gasteiger partial charge on any atom is -0.493 e. The van der Waals surface area contributed by atoms with E-state index in [1.165, 1.54) is 31.8 Å². The fourth-order valence-corrected chi connectivity index (χ4v) is 5.94. The van der Waals surface area contributed by atoms with Crippen LogP contribution in [0.1, 0.15) is 43.9 Å². The van der Waals surface area contributed by atoms with Crippen molar-refractivity contribution in [2.75, 3.05) is 19.5 Å². The molecule has 2 aromatic carbocycles. The molecule has 1 aliphatic carbocycles. The number of carbonyl (C=O) groups excluding carboxylic acids is 3. The summed E-state index contributed by atoms with van der Waals surface area (Å²) in [7, 11) is 2.81. The first-order valence-corrected chi connectivity index (χ1v) is 13.3. The number of benzene rings is 2. The number of carbonyl (C=O) groups is 3. The number of anilines is 1. The Morgan fingerprint density at radius 2 is 1.95 bits per heavy atom. The number of ether oxygens (including phenoxy) is 3. The summed E-state index contributed by atoms with van der Waals surface area (Å²) in [5, 5.41) is 6.71. The molecule has 11 heteroatoms. The molecule has 1 aromatic heterocycles. The Labute approximate surface area is 232 Å². The molecule has 0 saturated carbocycles. The smallest absolute Gasteiger partial charge is 0.341 e. The maximum Gasteiger partial charge on any atom is 0.341 e. The normalized spacial score (nSPS) is 12.2. The summed E-state index contributed by atoms with van der Waals surface area (Å²) in [6, 6.07) is 11.5. The molecule has 9 nitrogen and oxygen atoms in total. The van der Waals surface area contributed by atoms with Crippen molar-refractivity contribution in [2.45, 2.75) is 32.8 Å². The van der Waals surface area contributed by atoms with E-state index in [0.29, 0.717) is 38.7 Å². The molecular weight excluding hydrogens is 574 g/mol. The molecule has 0 fully saturated rings. The van der Waals surface area contributed by atoms with Crippen LogP contribution >= 0.6 is 27.3 Å². The number of fused-ring (bicyclic) bond motifs is 1. The first-order chi connectivity index (χ1) is 18.3. The van der Waals surface area contributed by atoms with Crippen LogP contribution in [0.5, 0.6) is 11.5 Å². The van der Waals surface area contributed by atoms with E-state index in [4.69, 9.17) is 14.2 Å². The molecule has 0 atom stereocenters. The van der Waals surface area contributed by atoms with E-state index in [1.807, 2.05) is 31.2 Å². The van der Waals surface area contributed by atoms with Crippen LogP contribution in [0.2, 0.25) is 0 Å². The van der Waals surface area contributed by atoms with Crippen molar-refractivity contribution >= 4 is 56.3 Å². The quantitative estimate of drug-likeness (QED) is 0.167. The number of thiophene rings is 1. The van der Waals surface area contributed by atoms with Gasteiger partial charge in [-0.25, -0.2) is 10.2 Å². The molecule has 2 N–H and O–H groups in total. The van der Waals surface area contributed by atoms with E-state index in [9.17, 15) is 14.4 Å². The van der Waals surface area contributed by atoms with E-state index < -0.39 is 17.8 Å². The van der Waals surface area contributed by atoms with Gasteiger partial charge in [-0.15, -0.1) is 11.3 Å². The third kappa shape index (κ3) is 6.22. The molecule has 0 bridgehead atoms. The highest BCUT2D eigenvalue weighted by Gasteiger charge is 2.29. The Hall–Kier alpha value is -3.70. The lowest BCUT2D eigenvalue weighted by Gasteiger charge is -2.14. The summed E-state index contributed by atoms with van der Waals surface area (Å²) in [5.41, 5.74) is 6.16. The second-order valence-electron chi connectivity index (χ2n) is 8.52. The van der Waals surface area contributed by atoms with Gasteiger partial charge >= 0.3 is 17.8 Å². The Morgan fingerprint density at radius 3 is 2.68 bits per heavy atom. The minimum absolute atomic E-state index is 0.306. The van der Waals surface area contributed by atoms with Crippen molar-refractivity contribution in [2.24, 2.45) is 5.10 Å². The van der Waals surface area contributed by atoms with Crippen molar-refractivity contribution in [3.8, 4) is 11.5 Å². The van der Waals surface area contributed by atoms with E-state index in [0.717, 1.165) is 40.8 Å². The third-order valence-corrected chi connectivity index (χ3v) is 7.64. The van der Waals surface area contributed by atoms with Gasteiger partial charge < -0.3 is 19.5 Å². The Kier molecular flexibility index (Phi) is 8.80. The van der Waals surface area contributed by atoms with Crippen molar-refractivity contribution < 1.29 is 28.6 Å². The van der Waals surface area contributed by atoms with Crippen molar-refractivity contribution in [1.82, 2.24) is 5.43 Å². The molecular formula is C27H26BrN3O6S. The zero-order valence-electron chi connectivity index (χ0n) is 21.1. The minimum atomic E-state index is -0.977. The summed E-state index contributed by atoms with van der Waals surface area (Å²) < 4.78 is 16.9. The molecule has 0 unspecified atom stereocenters. The largest absolute Gasteiger partial charge is 0.493 e. The highest BCUT2D eigenvalue weighted by atomic mass is 79.9. The molecule has 198 valence electrons. The van der Waals surface area contributed by atoms with Gasteiger partial charge in [-0.1, -0.05) is 29.8 Å². The lowest BCUT2D eigenvalue weighted by atomic mass is 10.1. The molecule has 4 rings (SSSR count). The van der Waals surface area contributed by atoms with Crippen LogP contribution in [0, 0.1) is 6.92 Å². The lowest BCUT2D eigenvalue weighted by Crippen LogP contribution is -2.32. The summed E-state index contributed by atoms with van der Waals surface area (Å²) in [5.74, 6) is -1.46. The van der Waals surface area contributed by atoms with Crippen molar-refractivity contribution in [3.63, 3.8) is 0 Å². The summed E-state index contributed by atoms with van der Waals surface area (Å²) in [6.45, 7) is 2.38. The van der Waals surface area contributed by atoms with Crippen LogP contribution in [0.3, 0.4) is 0 Å². The monoisotopic (exact) mass is 599 g/mol. The van der Waals surface area contributed by atoms with E-state index in [1.54, 1.807) is 12.1 Å². The number of nitrogens with zero attached hydrogens (tertiary/aromatic N) is 1. The van der Waals surface area contributed by atoms with E-state index in [-0.39, 0.29) is 0 Å². The molecule has 0 saturated heterocycles. The van der Waals surface area contributed by atoms with Crippen LogP contribution in [0.25, 0.3) is 0 Å². The molecule has 2 amide bonds. The lowest BCUT2D eigenvalue weighted by molar-refractivity contribution is -0.136. The predicted molar refractivity (Wildman–Crippen MR) is 148 cm³/mol. The van der Waals surface area contributed by atoms with Crippen molar-refractivity contribution in [1.29, 1.82) is 0 Å². The third-order valence-electron chi connectivity index (χ3n) is 5.84. The summed E-state index contributed by atoms with van der Waals surface area (Å²) in [6.07, 6.45) is 3.88. The molecule has 0 radical (unpaired) electrons. The Bertz CT molecular complexity index is 1420. The number of rotatable bonds is 8. The summed E-state index contributed by atoms with van der Waals surface area (Å²) >= 11 is 4.78. The maximum absolute atomic E-state index is 12.5. The van der Waals surface area contributed by atoms with Gasteiger partial charge in [0.15, 0.2) is 11.5 Å². The number of hydrogen-bond donors (Lipinski definition) is 2. The number of esters is 1. The highest BCUT2D eigenvalue weighted by molar-refractivity contribution is 9.10.